The lowest BCUT2D eigenvalue weighted by Gasteiger charge is -2.36. The van der Waals surface area contributed by atoms with E-state index in [4.69, 9.17) is 21.6 Å². The maximum atomic E-state index is 13.3. The molecule has 0 radical (unpaired) electrons. The summed E-state index contributed by atoms with van der Waals surface area (Å²) >= 11 is 5.94. The smallest absolute Gasteiger partial charge is 0.243 e. The van der Waals surface area contributed by atoms with Crippen LogP contribution in [0.25, 0.3) is 0 Å². The van der Waals surface area contributed by atoms with Crippen LogP contribution in [0.5, 0.6) is 5.75 Å². The number of hydrogen-bond donors (Lipinski definition) is 1. The number of sulfonamides is 1. The van der Waals surface area contributed by atoms with Crippen LogP contribution in [0.2, 0.25) is 5.02 Å². The summed E-state index contributed by atoms with van der Waals surface area (Å²) in [5.74, 6) is 0.634. The summed E-state index contributed by atoms with van der Waals surface area (Å²) < 4.78 is 33.4. The molecule has 2 aromatic rings. The van der Waals surface area contributed by atoms with Crippen molar-refractivity contribution in [1.29, 1.82) is 5.26 Å². The van der Waals surface area contributed by atoms with Gasteiger partial charge in [-0.2, -0.15) is 9.57 Å². The first-order chi connectivity index (χ1) is 12.5. The minimum Gasteiger partial charge on any atom is -0.496 e. The molecule has 0 amide bonds. The van der Waals surface area contributed by atoms with Gasteiger partial charge >= 0.3 is 0 Å². The highest BCUT2D eigenvalue weighted by Crippen LogP contribution is 2.34. The third-order valence-electron chi connectivity index (χ3n) is 4.36. The lowest BCUT2D eigenvalue weighted by atomic mass is 10.0. The number of nitriles is 1. The van der Waals surface area contributed by atoms with Gasteiger partial charge in [-0.1, -0.05) is 29.8 Å². The second-order valence-electron chi connectivity index (χ2n) is 5.83. The minimum absolute atomic E-state index is 0. The van der Waals surface area contributed by atoms with Gasteiger partial charge in [-0.05, 0) is 24.3 Å². The lowest BCUT2D eigenvalue weighted by molar-refractivity contribution is 0.264. The summed E-state index contributed by atoms with van der Waals surface area (Å²) in [5.41, 5.74) is 0.928. The quantitative estimate of drug-likeness (QED) is 0.810. The molecule has 27 heavy (non-hydrogen) atoms. The molecule has 0 bridgehead atoms. The Balaban J connectivity index is 0.00000261. The van der Waals surface area contributed by atoms with Crippen LogP contribution in [-0.2, 0) is 10.0 Å². The van der Waals surface area contributed by atoms with Crippen molar-refractivity contribution in [2.24, 2.45) is 0 Å². The number of halogens is 2. The van der Waals surface area contributed by atoms with Crippen molar-refractivity contribution in [2.45, 2.75) is 10.9 Å². The number of para-hydroxylation sites is 1. The molecule has 2 aromatic carbocycles. The van der Waals surface area contributed by atoms with Crippen molar-refractivity contribution >= 4 is 34.0 Å². The second kappa shape index (κ2) is 8.91. The number of nitrogens with zero attached hydrogens (tertiary/aromatic N) is 2. The first kappa shape index (κ1) is 21.5. The SMILES string of the molecule is COc1ccccc1C1CNCCN1S(=O)(=O)c1ccc(Cl)c(C#N)c1.Cl. The van der Waals surface area contributed by atoms with Crippen LogP contribution in [-0.4, -0.2) is 39.5 Å². The van der Waals surface area contributed by atoms with E-state index in [0.29, 0.717) is 25.4 Å². The van der Waals surface area contributed by atoms with Crippen molar-refractivity contribution in [3.63, 3.8) is 0 Å². The van der Waals surface area contributed by atoms with Gasteiger partial charge in [0.2, 0.25) is 10.0 Å². The molecular formula is C18H19Cl2N3O3S. The Labute approximate surface area is 170 Å². The standard InChI is InChI=1S/C18H18ClN3O3S.ClH/c1-25-18-5-3-2-4-15(18)17-12-21-8-9-22(17)26(23,24)14-6-7-16(19)13(10-14)11-20;/h2-7,10,17,21H,8-9,12H2,1H3;1H. The highest BCUT2D eigenvalue weighted by atomic mass is 35.5. The fraction of sp³-hybridized carbons (Fsp3) is 0.278. The normalized spacial score (nSPS) is 17.6. The molecule has 0 spiro atoms. The van der Waals surface area contributed by atoms with Crippen molar-refractivity contribution in [2.75, 3.05) is 26.7 Å². The third kappa shape index (κ3) is 4.21. The first-order valence-corrected chi connectivity index (χ1v) is 9.86. The number of methoxy groups -OCH3 is 1. The molecule has 1 atom stereocenters. The number of rotatable bonds is 4. The molecule has 9 heteroatoms. The molecule has 1 N–H and O–H groups in total. The molecule has 0 aromatic heterocycles. The van der Waals surface area contributed by atoms with Crippen molar-refractivity contribution < 1.29 is 13.2 Å². The zero-order valence-electron chi connectivity index (χ0n) is 14.6. The largest absolute Gasteiger partial charge is 0.496 e. The van der Waals surface area contributed by atoms with E-state index in [1.165, 1.54) is 22.5 Å². The van der Waals surface area contributed by atoms with E-state index >= 15 is 0 Å². The van der Waals surface area contributed by atoms with Gasteiger partial charge in [0.1, 0.15) is 11.8 Å². The van der Waals surface area contributed by atoms with Crippen molar-refractivity contribution in [3.8, 4) is 11.8 Å². The molecule has 1 aliphatic rings. The molecule has 1 saturated heterocycles. The average Bonchev–Trinajstić information content (AvgIpc) is 2.68. The fourth-order valence-electron chi connectivity index (χ4n) is 3.07. The number of hydrogen-bond acceptors (Lipinski definition) is 5. The van der Waals surface area contributed by atoms with E-state index in [1.54, 1.807) is 7.11 Å². The number of ether oxygens (including phenoxy) is 1. The fourth-order valence-corrected chi connectivity index (χ4v) is 4.86. The van der Waals surface area contributed by atoms with Crippen LogP contribution in [0.15, 0.2) is 47.4 Å². The van der Waals surface area contributed by atoms with E-state index in [9.17, 15) is 8.42 Å². The summed E-state index contributed by atoms with van der Waals surface area (Å²) in [6, 6.07) is 13.1. The summed E-state index contributed by atoms with van der Waals surface area (Å²) in [6.07, 6.45) is 0. The summed E-state index contributed by atoms with van der Waals surface area (Å²) in [6.45, 7) is 1.33. The van der Waals surface area contributed by atoms with Crippen LogP contribution in [0.1, 0.15) is 17.2 Å². The topological polar surface area (TPSA) is 82.4 Å². The van der Waals surface area contributed by atoms with Crippen molar-refractivity contribution in [1.82, 2.24) is 9.62 Å². The van der Waals surface area contributed by atoms with Crippen molar-refractivity contribution in [3.05, 3.63) is 58.6 Å². The van der Waals surface area contributed by atoms with Gasteiger partial charge in [0, 0.05) is 25.2 Å². The Morgan fingerprint density at radius 2 is 2.04 bits per heavy atom. The predicted octanol–water partition coefficient (Wildman–Crippen LogP) is 2.98. The predicted molar refractivity (Wildman–Crippen MR) is 106 cm³/mol. The van der Waals surface area contributed by atoms with Gasteiger partial charge in [0.05, 0.1) is 28.6 Å². The molecule has 1 fully saturated rings. The monoisotopic (exact) mass is 427 g/mol. The van der Waals surface area contributed by atoms with E-state index < -0.39 is 16.1 Å². The summed E-state index contributed by atoms with van der Waals surface area (Å²) in [5, 5.41) is 12.6. The van der Waals surface area contributed by atoms with E-state index in [0.717, 1.165) is 5.56 Å². The third-order valence-corrected chi connectivity index (χ3v) is 6.59. The van der Waals surface area contributed by atoms with Crippen LogP contribution >= 0.6 is 24.0 Å². The maximum Gasteiger partial charge on any atom is 0.243 e. The molecule has 6 nitrogen and oxygen atoms in total. The number of piperazine rings is 1. The Hall–Kier alpha value is -1.82. The van der Waals surface area contributed by atoms with Gasteiger partial charge in [0.15, 0.2) is 0 Å². The minimum atomic E-state index is -3.81. The molecule has 1 heterocycles. The van der Waals surface area contributed by atoms with E-state index in [-0.39, 0.29) is 27.9 Å². The Morgan fingerprint density at radius 1 is 1.30 bits per heavy atom. The van der Waals surface area contributed by atoms with Crippen LogP contribution in [0, 0.1) is 11.3 Å². The Morgan fingerprint density at radius 3 is 2.74 bits per heavy atom. The van der Waals surface area contributed by atoms with E-state index in [2.05, 4.69) is 5.32 Å². The van der Waals surface area contributed by atoms with Gasteiger partial charge in [-0.3, -0.25) is 0 Å². The second-order valence-corrected chi connectivity index (χ2v) is 8.13. The highest BCUT2D eigenvalue weighted by Gasteiger charge is 2.36. The van der Waals surface area contributed by atoms with Crippen LogP contribution in [0.4, 0.5) is 0 Å². The molecule has 1 unspecified atom stereocenters. The molecular weight excluding hydrogens is 409 g/mol. The Bertz CT molecular complexity index is 961. The van der Waals surface area contributed by atoms with Crippen LogP contribution < -0.4 is 10.1 Å². The lowest BCUT2D eigenvalue weighted by Crippen LogP contribution is -2.48. The van der Waals surface area contributed by atoms with Gasteiger partial charge in [-0.15, -0.1) is 12.4 Å². The molecule has 144 valence electrons. The molecule has 3 rings (SSSR count). The molecule has 1 aliphatic heterocycles. The molecule has 0 saturated carbocycles. The van der Waals surface area contributed by atoms with Crippen LogP contribution in [0.3, 0.4) is 0 Å². The Kier molecular flexibility index (Phi) is 7.09. The zero-order chi connectivity index (χ0) is 18.7. The van der Waals surface area contributed by atoms with E-state index in [1.807, 2.05) is 30.3 Å². The maximum absolute atomic E-state index is 13.3. The summed E-state index contributed by atoms with van der Waals surface area (Å²) in [4.78, 5) is 0.0558. The average molecular weight is 428 g/mol. The zero-order valence-corrected chi connectivity index (χ0v) is 16.9. The first-order valence-electron chi connectivity index (χ1n) is 8.04. The highest BCUT2D eigenvalue weighted by molar-refractivity contribution is 7.89. The molecule has 0 aliphatic carbocycles. The number of benzene rings is 2. The van der Waals surface area contributed by atoms with Gasteiger partial charge < -0.3 is 10.1 Å². The van der Waals surface area contributed by atoms with Gasteiger partial charge in [0.25, 0.3) is 0 Å². The number of nitrogens with one attached hydrogen (secondary N) is 1. The summed E-state index contributed by atoms with van der Waals surface area (Å²) in [7, 11) is -2.24. The van der Waals surface area contributed by atoms with Gasteiger partial charge in [-0.25, -0.2) is 8.42 Å².